The summed E-state index contributed by atoms with van der Waals surface area (Å²) < 4.78 is 4.51. The van der Waals surface area contributed by atoms with Gasteiger partial charge in [0.25, 0.3) is 0 Å². The van der Waals surface area contributed by atoms with Crippen LogP contribution in [-0.2, 0) is 9.53 Å². The van der Waals surface area contributed by atoms with Gasteiger partial charge in [0.05, 0.1) is 6.61 Å². The first kappa shape index (κ1) is 12.3. The molecule has 0 aromatic carbocycles. The second-order valence-electron chi connectivity index (χ2n) is 2.77. The lowest BCUT2D eigenvalue weighted by Gasteiger charge is -2.11. The third-order valence-electron chi connectivity index (χ3n) is 1.46. The fraction of sp³-hybridized carbons (Fsp3) is 0.875. The fourth-order valence-corrected chi connectivity index (χ4v) is 0.719. The minimum Gasteiger partial charge on any atom is -0.461 e. The van der Waals surface area contributed by atoms with Gasteiger partial charge in [-0.05, 0) is 6.42 Å². The molecule has 3 N–H and O–H groups in total. The van der Waals surface area contributed by atoms with Crippen LogP contribution in [0.3, 0.4) is 0 Å². The highest BCUT2D eigenvalue weighted by Gasteiger charge is 2.16. The van der Waals surface area contributed by atoms with Crippen molar-refractivity contribution in [2.45, 2.75) is 32.0 Å². The van der Waals surface area contributed by atoms with Crippen LogP contribution in [0.4, 0.5) is 0 Å². The van der Waals surface area contributed by atoms with Gasteiger partial charge in [0.2, 0.25) is 0 Å². The van der Waals surface area contributed by atoms with Crippen molar-refractivity contribution in [1.29, 1.82) is 0 Å². The number of hydrogen-bond acceptors (Lipinski definition) is 5. The van der Waals surface area contributed by atoms with Crippen molar-refractivity contribution in [2.24, 2.45) is 0 Å². The van der Waals surface area contributed by atoms with Crippen LogP contribution in [0, 0.1) is 0 Å². The maximum absolute atomic E-state index is 10.9. The Balaban J connectivity index is 3.61. The van der Waals surface area contributed by atoms with Crippen LogP contribution in [-0.4, -0.2) is 46.7 Å². The van der Waals surface area contributed by atoms with E-state index in [1.807, 2.05) is 6.92 Å². The van der Waals surface area contributed by atoms with E-state index >= 15 is 0 Å². The first-order chi connectivity index (χ1) is 6.11. The first-order valence-corrected chi connectivity index (χ1v) is 4.25. The van der Waals surface area contributed by atoms with Gasteiger partial charge >= 0.3 is 5.97 Å². The Morgan fingerprint density at radius 2 is 2.08 bits per heavy atom. The monoisotopic (exact) mass is 192 g/mol. The van der Waals surface area contributed by atoms with Crippen LogP contribution < -0.4 is 0 Å². The lowest BCUT2D eigenvalue weighted by Crippen LogP contribution is -2.28. The standard InChI is InChI=1S/C8H16O5/c1-2-3-7(11)8(12)13-5-6(10)4-9/h6-7,9-11H,2-5H2,1H3. The van der Waals surface area contributed by atoms with Gasteiger partial charge in [-0.3, -0.25) is 0 Å². The normalized spacial score (nSPS) is 15.1. The number of carbonyl (C=O) groups is 1. The second-order valence-corrected chi connectivity index (χ2v) is 2.77. The SMILES string of the molecule is CCCC(O)C(=O)OCC(O)CO. The molecular formula is C8H16O5. The highest BCUT2D eigenvalue weighted by Crippen LogP contribution is 1.99. The van der Waals surface area contributed by atoms with Crippen molar-refractivity contribution in [3.8, 4) is 0 Å². The molecule has 0 bridgehead atoms. The summed E-state index contributed by atoms with van der Waals surface area (Å²) >= 11 is 0. The van der Waals surface area contributed by atoms with E-state index in [0.29, 0.717) is 12.8 Å². The maximum Gasteiger partial charge on any atom is 0.335 e. The van der Waals surface area contributed by atoms with E-state index in [1.165, 1.54) is 0 Å². The summed E-state index contributed by atoms with van der Waals surface area (Å²) in [5.41, 5.74) is 0. The number of rotatable bonds is 6. The van der Waals surface area contributed by atoms with Gasteiger partial charge in [0, 0.05) is 0 Å². The van der Waals surface area contributed by atoms with Gasteiger partial charge in [-0.15, -0.1) is 0 Å². The summed E-state index contributed by atoms with van der Waals surface area (Å²) in [6.45, 7) is 1.09. The lowest BCUT2D eigenvalue weighted by atomic mass is 10.2. The molecule has 78 valence electrons. The Hall–Kier alpha value is -0.650. The highest BCUT2D eigenvalue weighted by atomic mass is 16.6. The Labute approximate surface area is 77.0 Å². The molecule has 0 spiro atoms. The van der Waals surface area contributed by atoms with Gasteiger partial charge in [0.1, 0.15) is 12.7 Å². The zero-order valence-electron chi connectivity index (χ0n) is 7.64. The van der Waals surface area contributed by atoms with Crippen LogP contribution in [0.5, 0.6) is 0 Å². The molecule has 13 heavy (non-hydrogen) atoms. The summed E-state index contributed by atoms with van der Waals surface area (Å²) in [5, 5.41) is 26.3. The number of esters is 1. The maximum atomic E-state index is 10.9. The largest absolute Gasteiger partial charge is 0.461 e. The molecule has 0 rings (SSSR count). The molecular weight excluding hydrogens is 176 g/mol. The number of aliphatic hydroxyl groups is 3. The molecule has 0 radical (unpaired) electrons. The van der Waals surface area contributed by atoms with Crippen LogP contribution in [0.1, 0.15) is 19.8 Å². The molecule has 0 amide bonds. The first-order valence-electron chi connectivity index (χ1n) is 4.25. The quantitative estimate of drug-likeness (QED) is 0.472. The third-order valence-corrected chi connectivity index (χ3v) is 1.46. The number of ether oxygens (including phenoxy) is 1. The van der Waals surface area contributed by atoms with E-state index < -0.39 is 24.8 Å². The zero-order valence-corrected chi connectivity index (χ0v) is 7.64. The van der Waals surface area contributed by atoms with Gasteiger partial charge in [0.15, 0.2) is 6.10 Å². The average molecular weight is 192 g/mol. The van der Waals surface area contributed by atoms with Crippen molar-refractivity contribution in [3.63, 3.8) is 0 Å². The number of hydrogen-bond donors (Lipinski definition) is 3. The van der Waals surface area contributed by atoms with Crippen molar-refractivity contribution in [1.82, 2.24) is 0 Å². The molecule has 0 saturated carbocycles. The Bertz CT molecular complexity index is 147. The summed E-state index contributed by atoms with van der Waals surface area (Å²) in [6, 6.07) is 0. The van der Waals surface area contributed by atoms with Crippen molar-refractivity contribution in [2.75, 3.05) is 13.2 Å². The van der Waals surface area contributed by atoms with Crippen LogP contribution in [0.2, 0.25) is 0 Å². The Kier molecular flexibility index (Phi) is 6.48. The Morgan fingerprint density at radius 1 is 1.46 bits per heavy atom. The summed E-state index contributed by atoms with van der Waals surface area (Å²) in [5.74, 6) is -0.755. The number of aliphatic hydroxyl groups excluding tert-OH is 3. The summed E-state index contributed by atoms with van der Waals surface area (Å²) in [4.78, 5) is 10.9. The van der Waals surface area contributed by atoms with Crippen molar-refractivity contribution < 1.29 is 24.9 Å². The Morgan fingerprint density at radius 3 is 2.54 bits per heavy atom. The molecule has 0 heterocycles. The highest BCUT2D eigenvalue weighted by molar-refractivity contribution is 5.74. The molecule has 5 heteroatoms. The van der Waals surface area contributed by atoms with E-state index in [9.17, 15) is 4.79 Å². The van der Waals surface area contributed by atoms with Gasteiger partial charge in [-0.25, -0.2) is 4.79 Å². The van der Waals surface area contributed by atoms with Crippen LogP contribution >= 0.6 is 0 Å². The molecule has 0 aliphatic carbocycles. The predicted octanol–water partition coefficient (Wildman–Crippen LogP) is -0.956. The number of carbonyl (C=O) groups excluding carboxylic acids is 1. The van der Waals surface area contributed by atoms with Crippen LogP contribution in [0.15, 0.2) is 0 Å². The molecule has 2 unspecified atom stereocenters. The molecule has 0 aromatic heterocycles. The molecule has 0 saturated heterocycles. The minimum atomic E-state index is -1.13. The smallest absolute Gasteiger partial charge is 0.335 e. The average Bonchev–Trinajstić information content (AvgIpc) is 2.13. The van der Waals surface area contributed by atoms with E-state index in [0.717, 1.165) is 0 Å². The molecule has 5 nitrogen and oxygen atoms in total. The molecule has 0 fully saturated rings. The van der Waals surface area contributed by atoms with Crippen LogP contribution in [0.25, 0.3) is 0 Å². The van der Waals surface area contributed by atoms with E-state index in [-0.39, 0.29) is 6.61 Å². The third kappa shape index (κ3) is 5.57. The van der Waals surface area contributed by atoms with Gasteiger partial charge < -0.3 is 20.1 Å². The molecule has 0 aliphatic rings. The lowest BCUT2D eigenvalue weighted by molar-refractivity contribution is -0.157. The molecule has 0 aromatic rings. The van der Waals surface area contributed by atoms with Gasteiger partial charge in [-0.1, -0.05) is 13.3 Å². The summed E-state index contributed by atoms with van der Waals surface area (Å²) in [7, 11) is 0. The second kappa shape index (κ2) is 6.82. The van der Waals surface area contributed by atoms with Gasteiger partial charge in [-0.2, -0.15) is 0 Å². The molecule has 0 aliphatic heterocycles. The van der Waals surface area contributed by atoms with Crippen molar-refractivity contribution >= 4 is 5.97 Å². The zero-order chi connectivity index (χ0) is 10.3. The van der Waals surface area contributed by atoms with Crippen molar-refractivity contribution in [3.05, 3.63) is 0 Å². The van der Waals surface area contributed by atoms with E-state index in [2.05, 4.69) is 4.74 Å². The molecule has 2 atom stereocenters. The topological polar surface area (TPSA) is 87.0 Å². The van der Waals surface area contributed by atoms with E-state index in [4.69, 9.17) is 15.3 Å². The minimum absolute atomic E-state index is 0.282. The fourth-order valence-electron chi connectivity index (χ4n) is 0.719. The predicted molar refractivity (Wildman–Crippen MR) is 45.0 cm³/mol. The summed E-state index contributed by atoms with van der Waals surface area (Å²) in [6.07, 6.45) is -1.18. The van der Waals surface area contributed by atoms with E-state index in [1.54, 1.807) is 0 Å².